The minimum atomic E-state index is -0.232. The highest BCUT2D eigenvalue weighted by Crippen LogP contribution is 2.31. The third kappa shape index (κ3) is 3.36. The van der Waals surface area contributed by atoms with Crippen molar-refractivity contribution in [3.63, 3.8) is 0 Å². The first kappa shape index (κ1) is 14.1. The molecule has 1 heterocycles. The molecule has 0 radical (unpaired) electrons. The molecule has 104 valence electrons. The predicted octanol–water partition coefficient (Wildman–Crippen LogP) is 3.07. The molecule has 1 aromatic heterocycles. The maximum absolute atomic E-state index is 11.1. The normalized spacial score (nSPS) is 10.1. The monoisotopic (exact) mass is 289 g/mol. The average Bonchev–Trinajstić information content (AvgIpc) is 2.87. The Morgan fingerprint density at radius 1 is 1.55 bits per heavy atom. The summed E-state index contributed by atoms with van der Waals surface area (Å²) in [5, 5.41) is 18.1. The molecule has 20 heavy (non-hydrogen) atoms. The molecule has 0 aliphatic carbocycles. The van der Waals surface area contributed by atoms with Crippen LogP contribution in [0.15, 0.2) is 36.2 Å². The molecule has 0 atom stereocenters. The van der Waals surface area contributed by atoms with Crippen molar-refractivity contribution < 1.29 is 9.90 Å². The highest BCUT2D eigenvalue weighted by Gasteiger charge is 2.08. The largest absolute Gasteiger partial charge is 0.506 e. The van der Waals surface area contributed by atoms with E-state index < -0.39 is 0 Å². The highest BCUT2D eigenvalue weighted by molar-refractivity contribution is 7.14. The van der Waals surface area contributed by atoms with Crippen molar-refractivity contribution in [3.8, 4) is 17.0 Å². The van der Waals surface area contributed by atoms with Crippen molar-refractivity contribution in [1.82, 2.24) is 4.98 Å². The number of anilines is 2. The second-order valence-corrected chi connectivity index (χ2v) is 4.98. The molecular formula is C14H15N3O2S. The number of hydrogen-bond donors (Lipinski definition) is 3. The highest BCUT2D eigenvalue weighted by atomic mass is 32.1. The summed E-state index contributed by atoms with van der Waals surface area (Å²) in [4.78, 5) is 15.5. The van der Waals surface area contributed by atoms with Crippen LogP contribution in [0.4, 0.5) is 10.8 Å². The van der Waals surface area contributed by atoms with Crippen molar-refractivity contribution >= 4 is 28.1 Å². The number of carbonyl (C=O) groups excluding carboxylic acids is 1. The summed E-state index contributed by atoms with van der Waals surface area (Å²) in [6, 6.07) is 4.99. The molecule has 3 N–H and O–H groups in total. The molecule has 6 heteroatoms. The van der Waals surface area contributed by atoms with Crippen molar-refractivity contribution in [2.45, 2.75) is 6.92 Å². The maximum Gasteiger partial charge on any atom is 0.221 e. The molecule has 1 aromatic carbocycles. The molecule has 0 aliphatic heterocycles. The number of thiazole rings is 1. The number of phenols is 1. The van der Waals surface area contributed by atoms with Gasteiger partial charge in [-0.1, -0.05) is 6.08 Å². The SMILES string of the molecule is C=CCNc1nc(-c2ccc(O)c(NC(C)=O)c2)cs1. The van der Waals surface area contributed by atoms with Crippen LogP contribution in [-0.2, 0) is 4.79 Å². The fourth-order valence-electron chi connectivity index (χ4n) is 1.63. The van der Waals surface area contributed by atoms with Crippen LogP contribution < -0.4 is 10.6 Å². The Hall–Kier alpha value is -2.34. The van der Waals surface area contributed by atoms with Crippen molar-refractivity contribution in [1.29, 1.82) is 0 Å². The molecule has 0 unspecified atom stereocenters. The second kappa shape index (κ2) is 6.21. The summed E-state index contributed by atoms with van der Waals surface area (Å²) in [6.07, 6.45) is 1.76. The molecule has 0 aliphatic rings. The van der Waals surface area contributed by atoms with Crippen LogP contribution >= 0.6 is 11.3 Å². The number of nitrogens with one attached hydrogen (secondary N) is 2. The smallest absolute Gasteiger partial charge is 0.221 e. The van der Waals surface area contributed by atoms with Crippen molar-refractivity contribution in [2.75, 3.05) is 17.2 Å². The molecule has 0 spiro atoms. The maximum atomic E-state index is 11.1. The lowest BCUT2D eigenvalue weighted by atomic mass is 10.1. The van der Waals surface area contributed by atoms with Gasteiger partial charge in [0.25, 0.3) is 0 Å². The fourth-order valence-corrected chi connectivity index (χ4v) is 2.36. The molecule has 2 aromatic rings. The summed E-state index contributed by atoms with van der Waals surface area (Å²) in [6.45, 7) is 5.68. The van der Waals surface area contributed by atoms with Crippen LogP contribution in [0.3, 0.4) is 0 Å². The van der Waals surface area contributed by atoms with Gasteiger partial charge >= 0.3 is 0 Å². The average molecular weight is 289 g/mol. The number of phenolic OH excluding ortho intramolecular Hbond substituents is 1. The first-order valence-electron chi connectivity index (χ1n) is 6.01. The van der Waals surface area contributed by atoms with E-state index in [1.807, 2.05) is 5.38 Å². The van der Waals surface area contributed by atoms with Crippen molar-refractivity contribution in [2.24, 2.45) is 0 Å². The van der Waals surface area contributed by atoms with Gasteiger partial charge in [-0.05, 0) is 18.2 Å². The summed E-state index contributed by atoms with van der Waals surface area (Å²) in [5.41, 5.74) is 1.99. The van der Waals surface area contributed by atoms with E-state index in [0.29, 0.717) is 12.2 Å². The number of amides is 1. The molecule has 1 amide bonds. The van der Waals surface area contributed by atoms with E-state index in [2.05, 4.69) is 22.2 Å². The lowest BCUT2D eigenvalue weighted by Crippen LogP contribution is -2.05. The molecule has 0 saturated carbocycles. The van der Waals surface area contributed by atoms with Gasteiger partial charge in [0.1, 0.15) is 5.75 Å². The van der Waals surface area contributed by atoms with E-state index in [1.54, 1.807) is 18.2 Å². The number of nitrogens with zero attached hydrogens (tertiary/aromatic N) is 1. The van der Waals surface area contributed by atoms with Crippen molar-refractivity contribution in [3.05, 3.63) is 36.2 Å². The van der Waals surface area contributed by atoms with Crippen LogP contribution in [0.1, 0.15) is 6.92 Å². The van der Waals surface area contributed by atoms with Gasteiger partial charge in [0.15, 0.2) is 5.13 Å². The Morgan fingerprint density at radius 2 is 2.35 bits per heavy atom. The third-order valence-corrected chi connectivity index (χ3v) is 3.30. The zero-order valence-electron chi connectivity index (χ0n) is 11.0. The first-order chi connectivity index (χ1) is 9.60. The Labute approximate surface area is 121 Å². The predicted molar refractivity (Wildman–Crippen MR) is 82.2 cm³/mol. The topological polar surface area (TPSA) is 74.2 Å². The fraction of sp³-hybridized carbons (Fsp3) is 0.143. The number of rotatable bonds is 5. The summed E-state index contributed by atoms with van der Waals surface area (Å²) in [5.74, 6) is -0.201. The Kier molecular flexibility index (Phi) is 4.37. The lowest BCUT2D eigenvalue weighted by molar-refractivity contribution is -0.114. The van der Waals surface area contributed by atoms with Gasteiger partial charge in [-0.2, -0.15) is 0 Å². The molecule has 0 saturated heterocycles. The quantitative estimate of drug-likeness (QED) is 0.584. The second-order valence-electron chi connectivity index (χ2n) is 4.12. The van der Waals surface area contributed by atoms with E-state index in [9.17, 15) is 9.90 Å². The zero-order chi connectivity index (χ0) is 14.5. The molecule has 2 rings (SSSR count). The van der Waals surface area contributed by atoms with E-state index in [1.165, 1.54) is 24.3 Å². The minimum absolute atomic E-state index is 0.0317. The molecule has 0 bridgehead atoms. The Morgan fingerprint density at radius 3 is 3.05 bits per heavy atom. The molecule has 5 nitrogen and oxygen atoms in total. The molecule has 0 fully saturated rings. The third-order valence-electron chi connectivity index (χ3n) is 2.50. The van der Waals surface area contributed by atoms with Gasteiger partial charge in [-0.25, -0.2) is 4.98 Å². The van der Waals surface area contributed by atoms with Gasteiger partial charge in [-0.3, -0.25) is 4.79 Å². The van der Waals surface area contributed by atoms with Crippen LogP contribution in [0.2, 0.25) is 0 Å². The minimum Gasteiger partial charge on any atom is -0.506 e. The lowest BCUT2D eigenvalue weighted by Gasteiger charge is -2.06. The van der Waals surface area contributed by atoms with Gasteiger partial charge in [-0.15, -0.1) is 17.9 Å². The zero-order valence-corrected chi connectivity index (χ0v) is 11.8. The van der Waals surface area contributed by atoms with Crippen LogP contribution in [0.5, 0.6) is 5.75 Å². The van der Waals surface area contributed by atoms with Crippen LogP contribution in [0.25, 0.3) is 11.3 Å². The molecular weight excluding hydrogens is 274 g/mol. The Bertz CT molecular complexity index is 637. The van der Waals surface area contributed by atoms with E-state index in [-0.39, 0.29) is 11.7 Å². The van der Waals surface area contributed by atoms with Gasteiger partial charge in [0, 0.05) is 24.4 Å². The number of benzene rings is 1. The van der Waals surface area contributed by atoms with E-state index >= 15 is 0 Å². The summed E-state index contributed by atoms with van der Waals surface area (Å²) >= 11 is 1.49. The number of carbonyl (C=O) groups is 1. The van der Waals surface area contributed by atoms with Gasteiger partial charge in [0.2, 0.25) is 5.91 Å². The summed E-state index contributed by atoms with van der Waals surface area (Å²) in [7, 11) is 0. The number of hydrogen-bond acceptors (Lipinski definition) is 5. The van der Waals surface area contributed by atoms with Gasteiger partial charge in [0.05, 0.1) is 11.4 Å². The van der Waals surface area contributed by atoms with Crippen LogP contribution in [-0.4, -0.2) is 22.5 Å². The number of aromatic nitrogens is 1. The van der Waals surface area contributed by atoms with E-state index in [0.717, 1.165) is 16.4 Å². The van der Waals surface area contributed by atoms with Crippen LogP contribution in [0, 0.1) is 0 Å². The first-order valence-corrected chi connectivity index (χ1v) is 6.89. The standard InChI is InChI=1S/C14H15N3O2S/c1-3-6-15-14-17-12(8-20-14)10-4-5-13(19)11(7-10)16-9(2)18/h3-5,7-8,19H,1,6H2,2H3,(H,15,17)(H,16,18). The number of aromatic hydroxyl groups is 1. The summed E-state index contributed by atoms with van der Waals surface area (Å²) < 4.78 is 0. The van der Waals surface area contributed by atoms with Gasteiger partial charge < -0.3 is 15.7 Å². The Balaban J connectivity index is 2.25. The van der Waals surface area contributed by atoms with E-state index in [4.69, 9.17) is 0 Å².